The summed E-state index contributed by atoms with van der Waals surface area (Å²) in [5.41, 5.74) is 3.18. The van der Waals surface area contributed by atoms with Crippen molar-refractivity contribution in [2.45, 2.75) is 19.4 Å². The lowest BCUT2D eigenvalue weighted by atomic mass is 9.97. The number of pyridine rings is 1. The lowest BCUT2D eigenvalue weighted by Gasteiger charge is -2.31. The van der Waals surface area contributed by atoms with Gasteiger partial charge in [0.1, 0.15) is 5.52 Å². The molecule has 7 heteroatoms. The van der Waals surface area contributed by atoms with E-state index in [0.717, 1.165) is 42.6 Å². The second-order valence-electron chi connectivity index (χ2n) is 7.40. The highest BCUT2D eigenvalue weighted by Gasteiger charge is 2.23. The summed E-state index contributed by atoms with van der Waals surface area (Å²) in [6, 6.07) is 13.8. The van der Waals surface area contributed by atoms with E-state index in [-0.39, 0.29) is 5.56 Å². The molecular weight excluding hydrogens is 366 g/mol. The molecule has 0 amide bonds. The number of fused-ring (bicyclic) bond motifs is 1. The number of oxazole rings is 1. The standard InChI is InChI=1S/C22H21N5O2/c28-21-12-19(17-4-3-9-23-13-17)24-15-27(21)14-16-7-10-26(11-8-16)22-25-18-5-1-2-6-20(18)29-22/h1-6,9,12-13,15-16H,7-8,10-11,14H2. The Morgan fingerprint density at radius 1 is 1.10 bits per heavy atom. The van der Waals surface area contributed by atoms with Crippen molar-refractivity contribution in [3.63, 3.8) is 0 Å². The highest BCUT2D eigenvalue weighted by atomic mass is 16.4. The van der Waals surface area contributed by atoms with Gasteiger partial charge in [-0.2, -0.15) is 4.98 Å². The van der Waals surface area contributed by atoms with E-state index in [1.165, 1.54) is 0 Å². The average molecular weight is 387 g/mol. The molecule has 4 heterocycles. The van der Waals surface area contributed by atoms with Crippen LogP contribution in [-0.4, -0.2) is 32.6 Å². The molecule has 5 rings (SSSR count). The van der Waals surface area contributed by atoms with Crippen LogP contribution in [-0.2, 0) is 6.54 Å². The Morgan fingerprint density at radius 2 is 1.97 bits per heavy atom. The van der Waals surface area contributed by atoms with Gasteiger partial charge in [0.25, 0.3) is 11.6 Å². The van der Waals surface area contributed by atoms with Crippen LogP contribution in [0, 0.1) is 5.92 Å². The van der Waals surface area contributed by atoms with Gasteiger partial charge in [-0.25, -0.2) is 4.98 Å². The van der Waals surface area contributed by atoms with Gasteiger partial charge in [0, 0.05) is 43.7 Å². The monoisotopic (exact) mass is 387 g/mol. The van der Waals surface area contributed by atoms with Gasteiger partial charge in [-0.1, -0.05) is 12.1 Å². The number of rotatable bonds is 4. The number of hydrogen-bond donors (Lipinski definition) is 0. The number of hydrogen-bond acceptors (Lipinski definition) is 6. The molecule has 3 aromatic heterocycles. The fourth-order valence-corrected chi connectivity index (χ4v) is 3.82. The SMILES string of the molecule is O=c1cc(-c2cccnc2)ncn1CC1CCN(c2nc3ccccc3o2)CC1. The van der Waals surface area contributed by atoms with E-state index in [2.05, 4.69) is 19.9 Å². The molecule has 1 aromatic carbocycles. The molecule has 0 bridgehead atoms. The topological polar surface area (TPSA) is 77.1 Å². The van der Waals surface area contributed by atoms with Crippen LogP contribution >= 0.6 is 0 Å². The summed E-state index contributed by atoms with van der Waals surface area (Å²) < 4.78 is 7.59. The third-order valence-corrected chi connectivity index (χ3v) is 5.46. The Labute approximate surface area is 167 Å². The molecule has 0 atom stereocenters. The van der Waals surface area contributed by atoms with Gasteiger partial charge in [-0.3, -0.25) is 14.3 Å². The first-order valence-corrected chi connectivity index (χ1v) is 9.84. The molecule has 1 saturated heterocycles. The number of piperidine rings is 1. The number of nitrogens with zero attached hydrogens (tertiary/aromatic N) is 5. The minimum Gasteiger partial charge on any atom is -0.423 e. The third-order valence-electron chi connectivity index (χ3n) is 5.46. The van der Waals surface area contributed by atoms with E-state index in [1.54, 1.807) is 29.4 Å². The smallest absolute Gasteiger partial charge is 0.298 e. The Hall–Kier alpha value is -3.48. The number of anilines is 1. The zero-order valence-corrected chi connectivity index (χ0v) is 15.9. The van der Waals surface area contributed by atoms with Crippen LogP contribution in [0.3, 0.4) is 0 Å². The van der Waals surface area contributed by atoms with Gasteiger partial charge in [-0.05, 0) is 43.0 Å². The van der Waals surface area contributed by atoms with Gasteiger partial charge in [0.05, 0.1) is 12.0 Å². The average Bonchev–Trinajstić information content (AvgIpc) is 3.20. The molecule has 146 valence electrons. The third kappa shape index (κ3) is 3.63. The van der Waals surface area contributed by atoms with E-state index in [4.69, 9.17) is 4.42 Å². The van der Waals surface area contributed by atoms with Crippen LogP contribution in [0.2, 0.25) is 0 Å². The molecule has 4 aromatic rings. The van der Waals surface area contributed by atoms with Crippen molar-refractivity contribution in [1.82, 2.24) is 19.5 Å². The molecule has 0 N–H and O–H groups in total. The van der Waals surface area contributed by atoms with Crippen LogP contribution in [0.1, 0.15) is 12.8 Å². The Balaban J connectivity index is 1.24. The van der Waals surface area contributed by atoms with Crippen LogP contribution in [0.25, 0.3) is 22.4 Å². The lowest BCUT2D eigenvalue weighted by molar-refractivity contribution is 0.342. The quantitative estimate of drug-likeness (QED) is 0.534. The van der Waals surface area contributed by atoms with E-state index in [0.29, 0.717) is 24.2 Å². The van der Waals surface area contributed by atoms with E-state index >= 15 is 0 Å². The minimum atomic E-state index is -0.0276. The first kappa shape index (κ1) is 17.6. The second kappa shape index (κ2) is 7.50. The van der Waals surface area contributed by atoms with E-state index < -0.39 is 0 Å². The highest BCUT2D eigenvalue weighted by molar-refractivity contribution is 5.74. The molecule has 0 unspecified atom stereocenters. The molecular formula is C22H21N5O2. The second-order valence-corrected chi connectivity index (χ2v) is 7.40. The van der Waals surface area contributed by atoms with E-state index in [9.17, 15) is 4.79 Å². The maximum Gasteiger partial charge on any atom is 0.298 e. The summed E-state index contributed by atoms with van der Waals surface area (Å²) >= 11 is 0. The molecule has 7 nitrogen and oxygen atoms in total. The fourth-order valence-electron chi connectivity index (χ4n) is 3.82. The Kier molecular flexibility index (Phi) is 4.56. The zero-order chi connectivity index (χ0) is 19.6. The lowest BCUT2D eigenvalue weighted by Crippen LogP contribution is -2.36. The molecule has 1 fully saturated rings. The fraction of sp³-hybridized carbons (Fsp3) is 0.273. The summed E-state index contributed by atoms with van der Waals surface area (Å²) in [4.78, 5) is 27.8. The number of benzene rings is 1. The Bertz CT molecular complexity index is 1140. The normalized spacial score (nSPS) is 15.1. The number of para-hydroxylation sites is 2. The first-order chi connectivity index (χ1) is 14.3. The predicted octanol–water partition coefficient (Wildman–Crippen LogP) is 3.36. The molecule has 0 aliphatic carbocycles. The largest absolute Gasteiger partial charge is 0.423 e. The maximum absolute atomic E-state index is 12.5. The van der Waals surface area contributed by atoms with Crippen molar-refractivity contribution in [2.75, 3.05) is 18.0 Å². The van der Waals surface area contributed by atoms with Crippen molar-refractivity contribution in [2.24, 2.45) is 5.92 Å². The van der Waals surface area contributed by atoms with Gasteiger partial charge in [0.15, 0.2) is 5.58 Å². The minimum absolute atomic E-state index is 0.0276. The van der Waals surface area contributed by atoms with Crippen molar-refractivity contribution in [3.8, 4) is 11.3 Å². The predicted molar refractivity (Wildman–Crippen MR) is 111 cm³/mol. The van der Waals surface area contributed by atoms with Gasteiger partial charge in [-0.15, -0.1) is 0 Å². The van der Waals surface area contributed by atoms with Crippen molar-refractivity contribution in [3.05, 3.63) is 71.5 Å². The molecule has 0 radical (unpaired) electrons. The summed E-state index contributed by atoms with van der Waals surface area (Å²) in [7, 11) is 0. The zero-order valence-electron chi connectivity index (χ0n) is 15.9. The van der Waals surface area contributed by atoms with Crippen molar-refractivity contribution in [1.29, 1.82) is 0 Å². The first-order valence-electron chi connectivity index (χ1n) is 9.84. The highest BCUT2D eigenvalue weighted by Crippen LogP contribution is 2.26. The maximum atomic E-state index is 12.5. The van der Waals surface area contributed by atoms with E-state index in [1.807, 2.05) is 36.4 Å². The number of aromatic nitrogens is 4. The van der Waals surface area contributed by atoms with Crippen LogP contribution in [0.15, 0.2) is 70.4 Å². The van der Waals surface area contributed by atoms with Gasteiger partial charge >= 0.3 is 0 Å². The van der Waals surface area contributed by atoms with Crippen LogP contribution < -0.4 is 10.5 Å². The summed E-state index contributed by atoms with van der Waals surface area (Å²) in [6.45, 7) is 2.42. The summed E-state index contributed by atoms with van der Waals surface area (Å²) in [5.74, 6) is 0.430. The molecule has 1 aliphatic heterocycles. The van der Waals surface area contributed by atoms with Crippen molar-refractivity contribution < 1.29 is 4.42 Å². The molecule has 0 saturated carbocycles. The summed E-state index contributed by atoms with van der Waals surface area (Å²) in [6.07, 6.45) is 7.04. The molecule has 0 spiro atoms. The van der Waals surface area contributed by atoms with Gasteiger partial charge in [0.2, 0.25) is 0 Å². The van der Waals surface area contributed by atoms with Crippen LogP contribution in [0.4, 0.5) is 6.01 Å². The molecule has 1 aliphatic rings. The summed E-state index contributed by atoms with van der Waals surface area (Å²) in [5, 5.41) is 0. The van der Waals surface area contributed by atoms with Crippen LogP contribution in [0.5, 0.6) is 0 Å². The Morgan fingerprint density at radius 3 is 2.72 bits per heavy atom. The van der Waals surface area contributed by atoms with Crippen molar-refractivity contribution >= 4 is 17.1 Å². The molecule has 29 heavy (non-hydrogen) atoms. The van der Waals surface area contributed by atoms with Gasteiger partial charge < -0.3 is 9.32 Å².